The van der Waals surface area contributed by atoms with Crippen molar-refractivity contribution in [2.75, 3.05) is 6.54 Å². The zero-order valence-electron chi connectivity index (χ0n) is 10.8. The van der Waals surface area contributed by atoms with Gasteiger partial charge in [0.25, 0.3) is 0 Å². The van der Waals surface area contributed by atoms with Crippen LogP contribution in [0.1, 0.15) is 24.1 Å². The van der Waals surface area contributed by atoms with E-state index in [4.69, 9.17) is 23.2 Å². The van der Waals surface area contributed by atoms with Crippen LogP contribution in [-0.2, 0) is 0 Å². The van der Waals surface area contributed by atoms with E-state index in [9.17, 15) is 4.39 Å². The molecule has 0 radical (unpaired) electrons. The quantitative estimate of drug-likeness (QED) is 0.732. The molecular weight excluding hydrogens is 364 g/mol. The van der Waals surface area contributed by atoms with Crippen molar-refractivity contribution in [3.63, 3.8) is 0 Å². The van der Waals surface area contributed by atoms with Gasteiger partial charge in [0.05, 0.1) is 6.04 Å². The largest absolute Gasteiger partial charge is 0.306 e. The summed E-state index contributed by atoms with van der Waals surface area (Å²) in [5.74, 6) is -0.296. The van der Waals surface area contributed by atoms with Gasteiger partial charge in [0.1, 0.15) is 5.82 Å². The second-order valence-electron chi connectivity index (χ2n) is 4.29. The zero-order valence-corrected chi connectivity index (χ0v) is 13.9. The lowest BCUT2D eigenvalue weighted by Gasteiger charge is -2.22. The van der Waals surface area contributed by atoms with E-state index in [1.807, 2.05) is 6.92 Å². The summed E-state index contributed by atoms with van der Waals surface area (Å²) in [6, 6.07) is 9.71. The molecule has 2 aromatic carbocycles. The van der Waals surface area contributed by atoms with E-state index in [1.165, 1.54) is 6.07 Å². The molecule has 1 nitrogen and oxygen atoms in total. The summed E-state index contributed by atoms with van der Waals surface area (Å²) in [6.07, 6.45) is 0. The van der Waals surface area contributed by atoms with Crippen LogP contribution >= 0.6 is 39.1 Å². The fraction of sp³-hybridized carbons (Fsp3) is 0.200. The normalized spacial score (nSPS) is 12.4. The van der Waals surface area contributed by atoms with Crippen molar-refractivity contribution in [3.05, 3.63) is 67.9 Å². The maximum atomic E-state index is 14.1. The summed E-state index contributed by atoms with van der Waals surface area (Å²) in [5.41, 5.74) is 1.20. The molecule has 0 aliphatic rings. The van der Waals surface area contributed by atoms with Crippen molar-refractivity contribution < 1.29 is 4.39 Å². The van der Waals surface area contributed by atoms with E-state index in [1.54, 1.807) is 30.3 Å². The molecule has 20 heavy (non-hydrogen) atoms. The van der Waals surface area contributed by atoms with E-state index in [-0.39, 0.29) is 5.82 Å². The third-order valence-corrected chi connectivity index (χ3v) is 4.12. The Morgan fingerprint density at radius 1 is 1.20 bits per heavy atom. The highest BCUT2D eigenvalue weighted by Crippen LogP contribution is 2.35. The molecule has 0 saturated carbocycles. The molecule has 2 rings (SSSR count). The van der Waals surface area contributed by atoms with Gasteiger partial charge in [-0.3, -0.25) is 0 Å². The van der Waals surface area contributed by atoms with E-state index < -0.39 is 6.04 Å². The minimum Gasteiger partial charge on any atom is -0.306 e. The highest BCUT2D eigenvalue weighted by Gasteiger charge is 2.22. The highest BCUT2D eigenvalue weighted by atomic mass is 79.9. The van der Waals surface area contributed by atoms with Crippen LogP contribution in [0.2, 0.25) is 10.0 Å². The zero-order chi connectivity index (χ0) is 14.7. The number of benzene rings is 2. The molecule has 0 saturated heterocycles. The molecule has 5 heteroatoms. The Bertz CT molecular complexity index is 599. The summed E-state index contributed by atoms with van der Waals surface area (Å²) >= 11 is 15.9. The maximum Gasteiger partial charge on any atom is 0.128 e. The molecular formula is C15H13BrCl2FN. The lowest BCUT2D eigenvalue weighted by atomic mass is 9.98. The number of nitrogens with one attached hydrogen (secondary N) is 1. The highest BCUT2D eigenvalue weighted by molar-refractivity contribution is 9.10. The topological polar surface area (TPSA) is 12.0 Å². The lowest BCUT2D eigenvalue weighted by Crippen LogP contribution is -2.23. The summed E-state index contributed by atoms with van der Waals surface area (Å²) < 4.78 is 15.0. The summed E-state index contributed by atoms with van der Waals surface area (Å²) in [4.78, 5) is 0. The molecule has 1 unspecified atom stereocenters. The van der Waals surface area contributed by atoms with Crippen molar-refractivity contribution in [2.24, 2.45) is 0 Å². The van der Waals surface area contributed by atoms with Crippen LogP contribution in [0, 0.1) is 5.82 Å². The predicted octanol–water partition coefficient (Wildman–Crippen LogP) is 5.59. The monoisotopic (exact) mass is 375 g/mol. The van der Waals surface area contributed by atoms with Crippen LogP contribution in [0.4, 0.5) is 4.39 Å². The first-order chi connectivity index (χ1) is 9.54. The molecule has 0 amide bonds. The molecule has 1 atom stereocenters. The van der Waals surface area contributed by atoms with Gasteiger partial charge >= 0.3 is 0 Å². The van der Waals surface area contributed by atoms with Gasteiger partial charge in [0.2, 0.25) is 0 Å². The molecule has 1 N–H and O–H groups in total. The Kier molecular flexibility index (Phi) is 5.44. The molecule has 0 aromatic heterocycles. The van der Waals surface area contributed by atoms with Gasteiger partial charge in [-0.05, 0) is 36.9 Å². The minimum atomic E-state index is -0.390. The first kappa shape index (κ1) is 15.8. The second-order valence-corrected chi connectivity index (χ2v) is 6.02. The van der Waals surface area contributed by atoms with Crippen LogP contribution in [0.25, 0.3) is 0 Å². The number of rotatable bonds is 4. The molecule has 2 aromatic rings. The molecule has 0 aliphatic carbocycles. The molecule has 106 valence electrons. The van der Waals surface area contributed by atoms with E-state index in [2.05, 4.69) is 21.2 Å². The van der Waals surface area contributed by atoms with Crippen molar-refractivity contribution in [1.82, 2.24) is 5.32 Å². The standard InChI is InChI=1S/C15H13BrCl2FN/c1-2-20-15(10-8-9(16)6-7-13(10)19)14-11(17)4-3-5-12(14)18/h3-8,15,20H,2H2,1H3. The second kappa shape index (κ2) is 6.90. The Morgan fingerprint density at radius 2 is 1.85 bits per heavy atom. The van der Waals surface area contributed by atoms with E-state index in [0.29, 0.717) is 27.7 Å². The summed E-state index contributed by atoms with van der Waals surface area (Å²) in [5, 5.41) is 4.27. The Morgan fingerprint density at radius 3 is 2.45 bits per heavy atom. The van der Waals surface area contributed by atoms with Crippen LogP contribution in [0.5, 0.6) is 0 Å². The fourth-order valence-corrected chi connectivity index (χ4v) is 3.09. The maximum absolute atomic E-state index is 14.1. The van der Waals surface area contributed by atoms with E-state index in [0.717, 1.165) is 4.47 Å². The van der Waals surface area contributed by atoms with Gasteiger partial charge in [0.15, 0.2) is 0 Å². The summed E-state index contributed by atoms with van der Waals surface area (Å²) in [7, 11) is 0. The van der Waals surface area contributed by atoms with Gasteiger partial charge in [-0.25, -0.2) is 4.39 Å². The lowest BCUT2D eigenvalue weighted by molar-refractivity contribution is 0.559. The van der Waals surface area contributed by atoms with Gasteiger partial charge in [-0.1, -0.05) is 52.1 Å². The first-order valence-corrected chi connectivity index (χ1v) is 7.71. The van der Waals surface area contributed by atoms with Crippen LogP contribution in [-0.4, -0.2) is 6.54 Å². The van der Waals surface area contributed by atoms with Crippen molar-refractivity contribution in [1.29, 1.82) is 0 Å². The van der Waals surface area contributed by atoms with Crippen LogP contribution < -0.4 is 5.32 Å². The SMILES string of the molecule is CCNC(c1cc(Br)ccc1F)c1c(Cl)cccc1Cl. The Balaban J connectivity index is 2.59. The summed E-state index contributed by atoms with van der Waals surface area (Å²) in [6.45, 7) is 2.62. The first-order valence-electron chi connectivity index (χ1n) is 6.16. The third kappa shape index (κ3) is 3.34. The van der Waals surface area contributed by atoms with Crippen molar-refractivity contribution in [3.8, 4) is 0 Å². The van der Waals surface area contributed by atoms with Gasteiger partial charge < -0.3 is 5.32 Å². The van der Waals surface area contributed by atoms with E-state index >= 15 is 0 Å². The smallest absolute Gasteiger partial charge is 0.128 e. The number of hydrogen-bond acceptors (Lipinski definition) is 1. The van der Waals surface area contributed by atoms with Gasteiger partial charge in [0, 0.05) is 25.6 Å². The molecule has 0 bridgehead atoms. The average molecular weight is 377 g/mol. The third-order valence-electron chi connectivity index (χ3n) is 2.97. The Labute approximate surface area is 136 Å². The van der Waals surface area contributed by atoms with Crippen molar-refractivity contribution in [2.45, 2.75) is 13.0 Å². The van der Waals surface area contributed by atoms with Gasteiger partial charge in [-0.15, -0.1) is 0 Å². The predicted molar refractivity (Wildman–Crippen MR) is 86.1 cm³/mol. The van der Waals surface area contributed by atoms with Crippen LogP contribution in [0.15, 0.2) is 40.9 Å². The van der Waals surface area contributed by atoms with Crippen LogP contribution in [0.3, 0.4) is 0 Å². The molecule has 0 heterocycles. The average Bonchev–Trinajstić information content (AvgIpc) is 2.40. The fourth-order valence-electron chi connectivity index (χ4n) is 2.09. The van der Waals surface area contributed by atoms with Crippen molar-refractivity contribution >= 4 is 39.1 Å². The molecule has 0 fully saturated rings. The molecule has 0 aliphatic heterocycles. The number of hydrogen-bond donors (Lipinski definition) is 1. The minimum absolute atomic E-state index is 0.296. The molecule has 0 spiro atoms. The Hall–Kier alpha value is -0.610. The number of halogens is 4. The van der Waals surface area contributed by atoms with Gasteiger partial charge in [-0.2, -0.15) is 0 Å².